The number of nitrogens with one attached hydrogen (secondary N) is 1. The number of hydrogen-bond donors (Lipinski definition) is 1. The highest BCUT2D eigenvalue weighted by Crippen LogP contribution is 2.18. The molecule has 3 rings (SSSR count). The molecule has 0 amide bonds. The number of pyridine rings is 1. The van der Waals surface area contributed by atoms with Gasteiger partial charge in [0, 0.05) is 24.4 Å². The smallest absolute Gasteiger partial charge is 0.228 e. The molecule has 0 saturated carbocycles. The Bertz CT molecular complexity index is 736. The molecule has 2 heterocycles. The minimum Gasteiger partial charge on any atom is -0.339 e. The van der Waals surface area contributed by atoms with Crippen molar-refractivity contribution in [3.05, 3.63) is 42.3 Å². The van der Waals surface area contributed by atoms with E-state index in [4.69, 9.17) is 4.52 Å². The summed E-state index contributed by atoms with van der Waals surface area (Å²) in [5.74, 6) is 1.17. The molecule has 0 saturated heterocycles. The van der Waals surface area contributed by atoms with Crippen molar-refractivity contribution in [2.45, 2.75) is 26.3 Å². The van der Waals surface area contributed by atoms with Gasteiger partial charge >= 0.3 is 0 Å². The molecule has 3 aromatic rings. The number of hydrogen-bond acceptors (Lipinski definition) is 5. The van der Waals surface area contributed by atoms with Gasteiger partial charge < -0.3 is 9.84 Å². The van der Waals surface area contributed by atoms with Crippen LogP contribution in [0.25, 0.3) is 22.4 Å². The summed E-state index contributed by atoms with van der Waals surface area (Å²) in [5.41, 5.74) is 1.67. The lowest BCUT2D eigenvalue weighted by molar-refractivity contribution is 0.374. The van der Waals surface area contributed by atoms with Crippen LogP contribution in [0.2, 0.25) is 0 Å². The van der Waals surface area contributed by atoms with Gasteiger partial charge in [-0.1, -0.05) is 43.3 Å². The van der Waals surface area contributed by atoms with Crippen LogP contribution in [-0.2, 0) is 6.42 Å². The largest absolute Gasteiger partial charge is 0.339 e. The van der Waals surface area contributed by atoms with Crippen molar-refractivity contribution in [1.29, 1.82) is 0 Å². The lowest BCUT2D eigenvalue weighted by Crippen LogP contribution is -2.25. The molecule has 0 fully saturated rings. The topological polar surface area (TPSA) is 63.8 Å². The van der Waals surface area contributed by atoms with E-state index in [1.165, 1.54) is 0 Å². The Morgan fingerprint density at radius 2 is 1.95 bits per heavy atom. The molecular weight excluding hydrogens is 264 g/mol. The van der Waals surface area contributed by atoms with Crippen LogP contribution in [0.15, 0.2) is 40.9 Å². The predicted molar refractivity (Wildman–Crippen MR) is 81.9 cm³/mol. The average Bonchev–Trinajstić information content (AvgIpc) is 2.95. The van der Waals surface area contributed by atoms with Gasteiger partial charge in [0.1, 0.15) is 5.69 Å². The van der Waals surface area contributed by atoms with Crippen LogP contribution in [0, 0.1) is 0 Å². The Kier molecular flexibility index (Phi) is 3.92. The van der Waals surface area contributed by atoms with Gasteiger partial charge in [-0.25, -0.2) is 4.98 Å². The molecule has 1 N–H and O–H groups in total. The molecule has 108 valence electrons. The zero-order chi connectivity index (χ0) is 14.7. The van der Waals surface area contributed by atoms with Gasteiger partial charge in [0.25, 0.3) is 0 Å². The van der Waals surface area contributed by atoms with Crippen LogP contribution in [0.4, 0.5) is 0 Å². The minimum absolute atomic E-state index is 0.453. The monoisotopic (exact) mass is 282 g/mol. The van der Waals surface area contributed by atoms with Gasteiger partial charge in [-0.05, 0) is 12.1 Å². The first-order valence-electron chi connectivity index (χ1n) is 7.14. The first-order chi connectivity index (χ1) is 10.2. The fourth-order valence-corrected chi connectivity index (χ4v) is 2.12. The molecule has 0 aliphatic heterocycles. The van der Waals surface area contributed by atoms with E-state index < -0.39 is 0 Å². The lowest BCUT2D eigenvalue weighted by atomic mass is 10.2. The normalized spacial score (nSPS) is 11.4. The van der Waals surface area contributed by atoms with Crippen molar-refractivity contribution in [3.8, 4) is 11.5 Å². The van der Waals surface area contributed by atoms with Gasteiger partial charge in [-0.15, -0.1) is 0 Å². The minimum atomic E-state index is 0.453. The third-order valence-electron chi connectivity index (χ3n) is 3.19. The van der Waals surface area contributed by atoms with Crippen LogP contribution in [0.3, 0.4) is 0 Å². The molecular formula is C16H18N4O. The molecule has 5 heteroatoms. The van der Waals surface area contributed by atoms with E-state index in [9.17, 15) is 0 Å². The van der Waals surface area contributed by atoms with Crippen LogP contribution >= 0.6 is 0 Å². The molecule has 21 heavy (non-hydrogen) atoms. The third-order valence-corrected chi connectivity index (χ3v) is 3.19. The summed E-state index contributed by atoms with van der Waals surface area (Å²) in [4.78, 5) is 8.97. The highest BCUT2D eigenvalue weighted by atomic mass is 16.5. The van der Waals surface area contributed by atoms with E-state index >= 15 is 0 Å². The molecule has 2 aromatic heterocycles. The quantitative estimate of drug-likeness (QED) is 0.779. The average molecular weight is 282 g/mol. The third kappa shape index (κ3) is 3.25. The van der Waals surface area contributed by atoms with Crippen LogP contribution in [0.5, 0.6) is 0 Å². The second-order valence-corrected chi connectivity index (χ2v) is 5.26. The van der Waals surface area contributed by atoms with Crippen molar-refractivity contribution in [2.24, 2.45) is 0 Å². The van der Waals surface area contributed by atoms with Crippen LogP contribution < -0.4 is 5.32 Å². The molecule has 0 bridgehead atoms. The number of rotatable bonds is 5. The number of fused-ring (bicyclic) bond motifs is 1. The summed E-state index contributed by atoms with van der Waals surface area (Å²) in [7, 11) is 0. The molecule has 0 spiro atoms. The summed E-state index contributed by atoms with van der Waals surface area (Å²) < 4.78 is 5.27. The molecule has 0 aliphatic rings. The van der Waals surface area contributed by atoms with Crippen LogP contribution in [-0.4, -0.2) is 27.7 Å². The highest BCUT2D eigenvalue weighted by molar-refractivity contribution is 5.80. The second kappa shape index (κ2) is 6.01. The van der Waals surface area contributed by atoms with E-state index in [-0.39, 0.29) is 0 Å². The standard InChI is InChI=1S/C16H18N4O/c1-11(2)17-10-9-15-19-16(20-21-15)14-8-7-12-5-3-4-6-13(12)18-14/h3-8,11,17H,9-10H2,1-2H3. The van der Waals surface area contributed by atoms with E-state index in [0.717, 1.165) is 29.6 Å². The van der Waals surface area contributed by atoms with Gasteiger partial charge in [0.2, 0.25) is 11.7 Å². The van der Waals surface area contributed by atoms with Crippen molar-refractivity contribution in [3.63, 3.8) is 0 Å². The van der Waals surface area contributed by atoms with Crippen molar-refractivity contribution in [2.75, 3.05) is 6.54 Å². The molecule has 1 aromatic carbocycles. The van der Waals surface area contributed by atoms with Gasteiger partial charge in [0.15, 0.2) is 0 Å². The Hall–Kier alpha value is -2.27. The predicted octanol–water partition coefficient (Wildman–Crippen LogP) is 2.83. The van der Waals surface area contributed by atoms with E-state index in [1.807, 2.05) is 36.4 Å². The second-order valence-electron chi connectivity index (χ2n) is 5.26. The SMILES string of the molecule is CC(C)NCCc1nc(-c2ccc3ccccc3n2)no1. The first kappa shape index (κ1) is 13.7. The summed E-state index contributed by atoms with van der Waals surface area (Å²) in [5, 5.41) is 8.44. The maximum atomic E-state index is 5.27. The fourth-order valence-electron chi connectivity index (χ4n) is 2.12. The molecule has 0 radical (unpaired) electrons. The van der Waals surface area contributed by atoms with Crippen LogP contribution in [0.1, 0.15) is 19.7 Å². The Labute approximate surface area is 123 Å². The summed E-state index contributed by atoms with van der Waals surface area (Å²) in [6.07, 6.45) is 0.721. The molecule has 5 nitrogen and oxygen atoms in total. The lowest BCUT2D eigenvalue weighted by Gasteiger charge is -2.04. The van der Waals surface area contributed by atoms with E-state index in [0.29, 0.717) is 17.8 Å². The van der Waals surface area contributed by atoms with Crippen molar-refractivity contribution in [1.82, 2.24) is 20.4 Å². The van der Waals surface area contributed by atoms with Gasteiger partial charge in [-0.2, -0.15) is 4.98 Å². The summed E-state index contributed by atoms with van der Waals surface area (Å²) in [6, 6.07) is 12.4. The first-order valence-corrected chi connectivity index (χ1v) is 7.14. The Balaban J connectivity index is 1.77. The molecule has 0 aliphatic carbocycles. The maximum absolute atomic E-state index is 5.27. The number of nitrogens with zero attached hydrogens (tertiary/aromatic N) is 3. The molecule has 0 unspecified atom stereocenters. The summed E-state index contributed by atoms with van der Waals surface area (Å²) in [6.45, 7) is 5.04. The molecule has 0 atom stereocenters. The Morgan fingerprint density at radius 3 is 2.81 bits per heavy atom. The highest BCUT2D eigenvalue weighted by Gasteiger charge is 2.10. The zero-order valence-corrected chi connectivity index (χ0v) is 12.2. The zero-order valence-electron chi connectivity index (χ0n) is 12.2. The van der Waals surface area contributed by atoms with E-state index in [2.05, 4.69) is 34.3 Å². The fraction of sp³-hybridized carbons (Fsp3) is 0.312. The van der Waals surface area contributed by atoms with E-state index in [1.54, 1.807) is 0 Å². The van der Waals surface area contributed by atoms with Gasteiger partial charge in [-0.3, -0.25) is 0 Å². The van der Waals surface area contributed by atoms with Gasteiger partial charge in [0.05, 0.1) is 5.52 Å². The van der Waals surface area contributed by atoms with Crippen molar-refractivity contribution < 1.29 is 4.52 Å². The number of benzene rings is 1. The maximum Gasteiger partial charge on any atom is 0.228 e. The van der Waals surface area contributed by atoms with Crippen molar-refractivity contribution >= 4 is 10.9 Å². The Morgan fingerprint density at radius 1 is 1.10 bits per heavy atom. The number of aromatic nitrogens is 3. The number of para-hydroxylation sites is 1. The summed E-state index contributed by atoms with van der Waals surface area (Å²) >= 11 is 0.